The molecule has 1 rings (SSSR count). The van der Waals surface area contributed by atoms with Gasteiger partial charge in [0.15, 0.2) is 0 Å². The van der Waals surface area contributed by atoms with Crippen LogP contribution in [0.1, 0.15) is 25.0 Å². The first-order valence-electron chi connectivity index (χ1n) is 4.18. The van der Waals surface area contributed by atoms with Crippen molar-refractivity contribution < 1.29 is 0 Å². The van der Waals surface area contributed by atoms with Gasteiger partial charge in [0.25, 0.3) is 0 Å². The summed E-state index contributed by atoms with van der Waals surface area (Å²) in [5.74, 6) is 0. The predicted molar refractivity (Wildman–Crippen MR) is 58.5 cm³/mol. The maximum absolute atomic E-state index is 4.11. The number of thiol groups is 1. The minimum atomic E-state index is 1.10. The molecule has 0 spiro atoms. The summed E-state index contributed by atoms with van der Waals surface area (Å²) in [6.07, 6.45) is 1.10. The SMILES string of the molecule is CCc1ccc(/C(C)=C/S)cc1. The molecule has 0 unspecified atom stereocenters. The summed E-state index contributed by atoms with van der Waals surface area (Å²) < 4.78 is 0. The Morgan fingerprint density at radius 3 is 2.33 bits per heavy atom. The third-order valence-corrected chi connectivity index (χ3v) is 2.40. The Balaban J connectivity index is 2.92. The van der Waals surface area contributed by atoms with Gasteiger partial charge in [-0.3, -0.25) is 0 Å². The van der Waals surface area contributed by atoms with Crippen molar-refractivity contribution in [3.05, 3.63) is 40.8 Å². The molecular weight excluding hydrogens is 164 g/mol. The van der Waals surface area contributed by atoms with E-state index in [1.807, 2.05) is 5.41 Å². The number of rotatable bonds is 2. The van der Waals surface area contributed by atoms with Gasteiger partial charge in [-0.05, 0) is 35.5 Å². The zero-order chi connectivity index (χ0) is 8.97. The van der Waals surface area contributed by atoms with Gasteiger partial charge in [0, 0.05) is 0 Å². The van der Waals surface area contributed by atoms with Crippen molar-refractivity contribution in [1.82, 2.24) is 0 Å². The molecule has 0 nitrogen and oxygen atoms in total. The van der Waals surface area contributed by atoms with Crippen molar-refractivity contribution in [3.63, 3.8) is 0 Å². The second kappa shape index (κ2) is 4.36. The molecule has 0 bridgehead atoms. The number of hydrogen-bond donors (Lipinski definition) is 1. The van der Waals surface area contributed by atoms with Crippen molar-refractivity contribution in [3.8, 4) is 0 Å². The molecule has 1 aromatic carbocycles. The zero-order valence-corrected chi connectivity index (χ0v) is 8.44. The molecule has 0 heterocycles. The average Bonchev–Trinajstić information content (AvgIpc) is 2.17. The first-order chi connectivity index (χ1) is 5.77. The monoisotopic (exact) mass is 178 g/mol. The summed E-state index contributed by atoms with van der Waals surface area (Å²) in [6.45, 7) is 4.23. The van der Waals surface area contributed by atoms with Crippen LogP contribution >= 0.6 is 12.6 Å². The van der Waals surface area contributed by atoms with E-state index in [9.17, 15) is 0 Å². The molecule has 0 aromatic heterocycles. The largest absolute Gasteiger partial charge is 0.151 e. The summed E-state index contributed by atoms with van der Waals surface area (Å²) in [7, 11) is 0. The molecule has 0 aliphatic rings. The van der Waals surface area contributed by atoms with E-state index >= 15 is 0 Å². The summed E-state index contributed by atoms with van der Waals surface area (Å²) in [5.41, 5.74) is 3.84. The first-order valence-corrected chi connectivity index (χ1v) is 4.70. The lowest BCUT2D eigenvalue weighted by Gasteiger charge is -2.01. The molecule has 0 amide bonds. The molecule has 0 saturated heterocycles. The Bertz CT molecular complexity index is 270. The van der Waals surface area contributed by atoms with E-state index in [4.69, 9.17) is 0 Å². The fraction of sp³-hybridized carbons (Fsp3) is 0.273. The van der Waals surface area contributed by atoms with Gasteiger partial charge in [0.2, 0.25) is 0 Å². The van der Waals surface area contributed by atoms with Gasteiger partial charge in [-0.1, -0.05) is 31.2 Å². The molecule has 1 aromatic rings. The topological polar surface area (TPSA) is 0 Å². The number of hydrogen-bond acceptors (Lipinski definition) is 1. The van der Waals surface area contributed by atoms with Gasteiger partial charge in [-0.25, -0.2) is 0 Å². The Morgan fingerprint density at radius 2 is 1.92 bits per heavy atom. The van der Waals surface area contributed by atoms with Crippen LogP contribution in [-0.4, -0.2) is 0 Å². The molecule has 0 saturated carbocycles. The fourth-order valence-electron chi connectivity index (χ4n) is 1.08. The smallest absolute Gasteiger partial charge is 0.0222 e. The van der Waals surface area contributed by atoms with Crippen LogP contribution < -0.4 is 0 Å². The van der Waals surface area contributed by atoms with E-state index in [0.717, 1.165) is 6.42 Å². The van der Waals surface area contributed by atoms with Crippen LogP contribution in [0.3, 0.4) is 0 Å². The third kappa shape index (κ3) is 2.15. The maximum atomic E-state index is 4.11. The summed E-state index contributed by atoms with van der Waals surface area (Å²) in [4.78, 5) is 0. The van der Waals surface area contributed by atoms with Gasteiger partial charge >= 0.3 is 0 Å². The molecule has 0 atom stereocenters. The molecule has 0 N–H and O–H groups in total. The van der Waals surface area contributed by atoms with Crippen LogP contribution in [0.2, 0.25) is 0 Å². The van der Waals surface area contributed by atoms with Crippen LogP contribution in [-0.2, 0) is 6.42 Å². The summed E-state index contributed by atoms with van der Waals surface area (Å²) in [5, 5.41) is 1.83. The van der Waals surface area contributed by atoms with Crippen molar-refractivity contribution >= 4 is 18.2 Å². The second-order valence-corrected chi connectivity index (χ2v) is 3.12. The number of benzene rings is 1. The Labute approximate surface area is 79.7 Å². The minimum Gasteiger partial charge on any atom is -0.151 e. The van der Waals surface area contributed by atoms with Crippen molar-refractivity contribution in [1.29, 1.82) is 0 Å². The molecule has 0 aliphatic heterocycles. The van der Waals surface area contributed by atoms with Crippen LogP contribution in [0.5, 0.6) is 0 Å². The van der Waals surface area contributed by atoms with Gasteiger partial charge in [-0.15, -0.1) is 0 Å². The third-order valence-electron chi connectivity index (χ3n) is 2.01. The van der Waals surface area contributed by atoms with Crippen molar-refractivity contribution in [2.24, 2.45) is 0 Å². The lowest BCUT2D eigenvalue weighted by atomic mass is 10.1. The number of allylic oxidation sites excluding steroid dienone is 1. The molecular formula is C11H14S. The van der Waals surface area contributed by atoms with E-state index in [1.54, 1.807) is 0 Å². The lowest BCUT2D eigenvalue weighted by molar-refractivity contribution is 1.14. The maximum Gasteiger partial charge on any atom is -0.0222 e. The molecule has 12 heavy (non-hydrogen) atoms. The standard InChI is InChI=1S/C11H14S/c1-3-10-4-6-11(7-5-10)9(2)8-12/h4-8,12H,3H2,1-2H3/b9-8+. The van der Waals surface area contributed by atoms with E-state index < -0.39 is 0 Å². The first kappa shape index (κ1) is 9.40. The molecule has 0 fully saturated rings. The predicted octanol–water partition coefficient (Wildman–Crippen LogP) is 3.54. The molecule has 1 heteroatoms. The summed E-state index contributed by atoms with van der Waals surface area (Å²) in [6, 6.07) is 8.61. The van der Waals surface area contributed by atoms with E-state index in [0.29, 0.717) is 0 Å². The number of aryl methyl sites for hydroxylation is 1. The quantitative estimate of drug-likeness (QED) is 0.658. The average molecular weight is 178 g/mol. The Kier molecular flexibility index (Phi) is 3.42. The summed E-state index contributed by atoms with van der Waals surface area (Å²) >= 11 is 4.11. The fourth-order valence-corrected chi connectivity index (χ4v) is 1.23. The lowest BCUT2D eigenvalue weighted by Crippen LogP contribution is -1.81. The Hall–Kier alpha value is -0.690. The van der Waals surface area contributed by atoms with Gasteiger partial charge in [-0.2, -0.15) is 12.6 Å². The van der Waals surface area contributed by atoms with Crippen LogP contribution in [0.4, 0.5) is 0 Å². The van der Waals surface area contributed by atoms with Crippen LogP contribution in [0, 0.1) is 0 Å². The normalized spacial score (nSPS) is 11.8. The Morgan fingerprint density at radius 1 is 1.33 bits per heavy atom. The van der Waals surface area contributed by atoms with Gasteiger partial charge in [0.05, 0.1) is 0 Å². The second-order valence-electron chi connectivity index (χ2n) is 2.86. The van der Waals surface area contributed by atoms with Crippen LogP contribution in [0.25, 0.3) is 5.57 Å². The van der Waals surface area contributed by atoms with Gasteiger partial charge in [0.1, 0.15) is 0 Å². The van der Waals surface area contributed by atoms with E-state index in [-0.39, 0.29) is 0 Å². The molecule has 64 valence electrons. The van der Waals surface area contributed by atoms with E-state index in [2.05, 4.69) is 50.7 Å². The highest BCUT2D eigenvalue weighted by molar-refractivity contribution is 7.83. The molecule has 0 aliphatic carbocycles. The highest BCUT2D eigenvalue weighted by Crippen LogP contribution is 2.15. The minimum absolute atomic E-state index is 1.10. The highest BCUT2D eigenvalue weighted by Gasteiger charge is 1.93. The zero-order valence-electron chi connectivity index (χ0n) is 7.54. The van der Waals surface area contributed by atoms with Crippen molar-refractivity contribution in [2.45, 2.75) is 20.3 Å². The van der Waals surface area contributed by atoms with Crippen LogP contribution in [0.15, 0.2) is 29.7 Å². The molecule has 0 radical (unpaired) electrons. The highest BCUT2D eigenvalue weighted by atomic mass is 32.1. The van der Waals surface area contributed by atoms with Gasteiger partial charge < -0.3 is 0 Å². The van der Waals surface area contributed by atoms with E-state index in [1.165, 1.54) is 16.7 Å². The van der Waals surface area contributed by atoms with Crippen molar-refractivity contribution in [2.75, 3.05) is 0 Å².